The molecule has 45 heavy (non-hydrogen) atoms. The van der Waals surface area contributed by atoms with Gasteiger partial charge in [0, 0.05) is 40.2 Å². The Balaban J connectivity index is 0.000000217. The molecule has 229 valence electrons. The number of rotatable bonds is 5. The fourth-order valence-electron chi connectivity index (χ4n) is 5.35. The molecule has 0 saturated heterocycles. The Morgan fingerprint density at radius 2 is 1.58 bits per heavy atom. The van der Waals surface area contributed by atoms with Gasteiger partial charge in [-0.2, -0.15) is 0 Å². The monoisotopic (exact) mass is 791 g/mol. The molecule has 0 aliphatic carbocycles. The van der Waals surface area contributed by atoms with E-state index >= 15 is 0 Å². The van der Waals surface area contributed by atoms with Crippen LogP contribution in [-0.4, -0.2) is 14.5 Å². The summed E-state index contributed by atoms with van der Waals surface area (Å²) < 4.78 is 55.2. The number of imidazole rings is 1. The Hall–Kier alpha value is -3.89. The summed E-state index contributed by atoms with van der Waals surface area (Å²) in [7, 11) is 0. The molecular formula is C40H37IrN3S-2. The maximum absolute atomic E-state index is 8.14. The summed E-state index contributed by atoms with van der Waals surface area (Å²) in [6.45, 7) is 4.66. The van der Waals surface area contributed by atoms with E-state index in [1.54, 1.807) is 23.5 Å². The largest absolute Gasteiger partial charge is 0.333 e. The maximum atomic E-state index is 8.14. The zero-order valence-corrected chi connectivity index (χ0v) is 28.7. The molecule has 3 heterocycles. The third-order valence-corrected chi connectivity index (χ3v) is 8.44. The minimum Gasteiger partial charge on any atom is -0.333 e. The van der Waals surface area contributed by atoms with E-state index in [4.69, 9.17) is 14.6 Å². The van der Waals surface area contributed by atoms with Crippen molar-refractivity contribution < 1.29 is 29.7 Å². The van der Waals surface area contributed by atoms with Crippen molar-refractivity contribution in [2.24, 2.45) is 0 Å². The van der Waals surface area contributed by atoms with Crippen molar-refractivity contribution in [3.05, 3.63) is 137 Å². The van der Waals surface area contributed by atoms with E-state index < -0.39 is 13.7 Å². The Labute approximate surface area is 294 Å². The molecule has 5 heteroatoms. The Morgan fingerprint density at radius 3 is 2.24 bits per heavy atom. The van der Waals surface area contributed by atoms with Crippen molar-refractivity contribution in [3.63, 3.8) is 0 Å². The van der Waals surface area contributed by atoms with Crippen LogP contribution in [0.25, 0.3) is 49.5 Å². The number of pyridine rings is 1. The van der Waals surface area contributed by atoms with E-state index in [1.165, 1.54) is 41.2 Å². The molecule has 0 fully saturated rings. The fraction of sp³-hybridized carbons (Fsp3) is 0.200. The van der Waals surface area contributed by atoms with Gasteiger partial charge in [-0.05, 0) is 53.2 Å². The van der Waals surface area contributed by atoms with Crippen LogP contribution in [0.3, 0.4) is 0 Å². The van der Waals surface area contributed by atoms with Crippen LogP contribution in [0.2, 0.25) is 0 Å². The van der Waals surface area contributed by atoms with Gasteiger partial charge < -0.3 is 9.55 Å². The van der Waals surface area contributed by atoms with Gasteiger partial charge in [-0.25, -0.2) is 0 Å². The van der Waals surface area contributed by atoms with Crippen molar-refractivity contribution in [1.82, 2.24) is 14.5 Å². The average Bonchev–Trinajstić information content (AvgIpc) is 3.68. The van der Waals surface area contributed by atoms with E-state index in [9.17, 15) is 0 Å². The molecule has 0 amide bonds. The van der Waals surface area contributed by atoms with Gasteiger partial charge in [-0.1, -0.05) is 111 Å². The Morgan fingerprint density at radius 1 is 0.822 bits per heavy atom. The van der Waals surface area contributed by atoms with Gasteiger partial charge in [0.15, 0.2) is 0 Å². The van der Waals surface area contributed by atoms with Gasteiger partial charge in [-0.15, -0.1) is 46.8 Å². The van der Waals surface area contributed by atoms with E-state index in [0.29, 0.717) is 29.1 Å². The van der Waals surface area contributed by atoms with Crippen LogP contribution >= 0.6 is 11.3 Å². The summed E-state index contributed by atoms with van der Waals surface area (Å²) in [5.74, 6) is 1.66. The fourth-order valence-corrected chi connectivity index (χ4v) is 6.18. The van der Waals surface area contributed by atoms with Gasteiger partial charge in [0.2, 0.25) is 0 Å². The van der Waals surface area contributed by atoms with Gasteiger partial charge in [-0.3, -0.25) is 16.3 Å². The van der Waals surface area contributed by atoms with Crippen LogP contribution in [0, 0.1) is 25.2 Å². The normalized spacial score (nSPS) is 14.0. The van der Waals surface area contributed by atoms with Crippen LogP contribution < -0.4 is 0 Å². The number of hydrogen-bond donors (Lipinski definition) is 0. The van der Waals surface area contributed by atoms with Crippen LogP contribution in [-0.2, 0) is 20.1 Å². The first-order valence-electron chi connectivity index (χ1n) is 18.1. The second kappa shape index (κ2) is 14.0. The molecule has 0 saturated carbocycles. The molecule has 0 aliphatic rings. The summed E-state index contributed by atoms with van der Waals surface area (Å²) >= 11 is 1.59. The molecule has 0 atom stereocenters. The number of fused-ring (bicyclic) bond motifs is 2. The number of hydrogen-bond acceptors (Lipinski definition) is 3. The number of para-hydroxylation sites is 3. The molecule has 0 unspecified atom stereocenters. The van der Waals surface area contributed by atoms with Crippen molar-refractivity contribution in [2.75, 3.05) is 0 Å². The summed E-state index contributed by atoms with van der Waals surface area (Å²) in [4.78, 5) is 9.16. The number of aromatic nitrogens is 3. The third-order valence-electron chi connectivity index (χ3n) is 7.56. The molecular weight excluding hydrogens is 747 g/mol. The van der Waals surface area contributed by atoms with Crippen molar-refractivity contribution in [3.8, 4) is 28.3 Å². The van der Waals surface area contributed by atoms with Crippen molar-refractivity contribution in [1.29, 1.82) is 0 Å². The molecule has 3 aromatic heterocycles. The van der Waals surface area contributed by atoms with Crippen LogP contribution in [0.1, 0.15) is 71.4 Å². The molecule has 0 N–H and O–H groups in total. The second-order valence-corrected chi connectivity index (χ2v) is 12.1. The quantitative estimate of drug-likeness (QED) is 0.163. The van der Waals surface area contributed by atoms with E-state index in [-0.39, 0.29) is 31.2 Å². The van der Waals surface area contributed by atoms with Gasteiger partial charge in [0.1, 0.15) is 0 Å². The summed E-state index contributed by atoms with van der Waals surface area (Å²) in [5, 5.41) is 4.54. The number of benzene rings is 4. The van der Waals surface area contributed by atoms with Gasteiger partial charge in [0.05, 0.1) is 18.2 Å². The smallest absolute Gasteiger partial charge is 0.0774 e. The molecule has 7 rings (SSSR count). The first-order valence-corrected chi connectivity index (χ1v) is 15.5. The minimum atomic E-state index is -2.18. The molecule has 4 aromatic carbocycles. The van der Waals surface area contributed by atoms with Gasteiger partial charge in [0.25, 0.3) is 0 Å². The van der Waals surface area contributed by atoms with E-state index in [2.05, 4.69) is 85.1 Å². The van der Waals surface area contributed by atoms with Crippen molar-refractivity contribution in [2.45, 2.75) is 53.2 Å². The molecule has 1 radical (unpaired) electrons. The molecule has 0 bridgehead atoms. The summed E-state index contributed by atoms with van der Waals surface area (Å²) in [6.07, 6.45) is 1.30. The predicted octanol–water partition coefficient (Wildman–Crippen LogP) is 11.1. The molecule has 0 aliphatic heterocycles. The number of aryl methyl sites for hydroxylation is 2. The van der Waals surface area contributed by atoms with Gasteiger partial charge >= 0.3 is 0 Å². The third kappa shape index (κ3) is 6.72. The second-order valence-electron chi connectivity index (χ2n) is 11.3. The SMILES string of the molecule is [2H]C([2H])([2H])c1c[c-]c(-c2ccc(C([2H])([2H])[2H])cn2)cc1.[2H]c1ccc2s[c-]c(-c3nc4ccccc4n3-c3c(C(C)C)cccc3C(C)C)c2c1.[Ir]. The molecule has 7 aromatic rings. The number of thiophene rings is 1. The molecule has 3 nitrogen and oxygen atoms in total. The topological polar surface area (TPSA) is 30.7 Å². The summed E-state index contributed by atoms with van der Waals surface area (Å²) in [5.41, 5.74) is 8.45. The van der Waals surface area contributed by atoms with E-state index in [1.807, 2.05) is 24.3 Å². The van der Waals surface area contributed by atoms with Crippen LogP contribution in [0.4, 0.5) is 0 Å². The Bertz CT molecular complexity index is 2220. The minimum absolute atomic E-state index is 0. The summed E-state index contributed by atoms with van der Waals surface area (Å²) in [6, 6.07) is 31.7. The first kappa shape index (κ1) is 24.4. The van der Waals surface area contributed by atoms with Crippen molar-refractivity contribution >= 4 is 32.5 Å². The standard InChI is InChI=1S/C27H25N2S.C13H12N.Ir/c1-17(2)19-11-9-12-20(18(3)4)26(19)29-24-14-7-6-13-23(24)28-27(29)22-16-30-25-15-8-5-10-21(22)25;1-10-3-6-12(7-4-10)13-8-5-11(2)9-14-13;/h5-15,17-18H,1-4H3;3-6,8-9H,1-2H3;/q2*-1;/i5D;1D3,2D3;. The zero-order chi connectivity index (χ0) is 36.7. The maximum Gasteiger partial charge on any atom is 0.0774 e. The Kier molecular flexibility index (Phi) is 7.60. The molecule has 0 spiro atoms. The first-order chi connectivity index (χ1) is 24.1. The zero-order valence-electron chi connectivity index (χ0n) is 32.5. The average molecular weight is 791 g/mol. The van der Waals surface area contributed by atoms with Crippen LogP contribution in [0.15, 0.2) is 103 Å². The van der Waals surface area contributed by atoms with Crippen LogP contribution in [0.5, 0.6) is 0 Å². The van der Waals surface area contributed by atoms with E-state index in [0.717, 1.165) is 32.5 Å². The predicted molar refractivity (Wildman–Crippen MR) is 187 cm³/mol. The number of nitrogens with zero attached hydrogens (tertiary/aromatic N) is 3.